The molecule has 3 aromatic carbocycles. The number of hydrogen-bond acceptors (Lipinski definition) is 6. The molecular weight excluding hydrogens is 558 g/mol. The first-order valence-corrected chi connectivity index (χ1v) is 12.8. The molecule has 188 valence electrons. The van der Waals surface area contributed by atoms with E-state index in [1.807, 2.05) is 32.0 Å². The molecule has 2 aromatic heterocycles. The van der Waals surface area contributed by atoms with Crippen LogP contribution in [0.4, 0.5) is 0 Å². The molecule has 0 unspecified atom stereocenters. The van der Waals surface area contributed by atoms with Crippen LogP contribution in [-0.2, 0) is 0 Å². The van der Waals surface area contributed by atoms with Gasteiger partial charge in [0.2, 0.25) is 5.82 Å². The predicted octanol–water partition coefficient (Wildman–Crippen LogP) is 7.29. The van der Waals surface area contributed by atoms with Crippen LogP contribution in [0.15, 0.2) is 79.4 Å². The van der Waals surface area contributed by atoms with Crippen molar-refractivity contribution in [3.8, 4) is 23.1 Å². The van der Waals surface area contributed by atoms with Gasteiger partial charge in [0, 0.05) is 20.4 Å². The molecule has 0 saturated heterocycles. The zero-order valence-corrected chi connectivity index (χ0v) is 22.7. The zero-order chi connectivity index (χ0) is 26.1. The molecule has 37 heavy (non-hydrogen) atoms. The molecule has 5 aromatic rings. The molecule has 0 spiro atoms. The fourth-order valence-electron chi connectivity index (χ4n) is 3.88. The van der Waals surface area contributed by atoms with Gasteiger partial charge in [0.05, 0.1) is 30.3 Å². The maximum atomic E-state index is 13.6. The van der Waals surface area contributed by atoms with Crippen molar-refractivity contribution in [2.45, 2.75) is 26.4 Å². The van der Waals surface area contributed by atoms with Crippen molar-refractivity contribution in [3.63, 3.8) is 0 Å². The molecule has 0 bridgehead atoms. The van der Waals surface area contributed by atoms with Crippen LogP contribution < -0.4 is 15.0 Å². The standard InChI is InChI=1S/C28H23BrClN3O4/c1-4-16(2)36-26-18(11-19(29)14-24(26)35-3)15-31-33-27(32-22-8-6-5-7-21(22)28(33)34)25-13-17-12-20(30)9-10-23(17)37-25/h5-16H,4H2,1-3H3/t16-/m1/s1. The minimum atomic E-state index is -0.332. The molecule has 0 aliphatic carbocycles. The van der Waals surface area contributed by atoms with Gasteiger partial charge in [-0.25, -0.2) is 4.98 Å². The topological polar surface area (TPSA) is 78.9 Å². The van der Waals surface area contributed by atoms with Crippen LogP contribution in [0.2, 0.25) is 5.02 Å². The monoisotopic (exact) mass is 579 g/mol. The Kier molecular flexibility index (Phi) is 7.04. The Morgan fingerprint density at radius 3 is 2.78 bits per heavy atom. The summed E-state index contributed by atoms with van der Waals surface area (Å²) in [6.45, 7) is 4.02. The Labute approximate surface area is 226 Å². The summed E-state index contributed by atoms with van der Waals surface area (Å²) < 4.78 is 19.8. The lowest BCUT2D eigenvalue weighted by molar-refractivity contribution is 0.207. The first-order chi connectivity index (χ1) is 17.9. The van der Waals surface area contributed by atoms with Crippen LogP contribution in [-0.4, -0.2) is 29.1 Å². The lowest BCUT2D eigenvalue weighted by Crippen LogP contribution is -2.20. The smallest absolute Gasteiger partial charge is 0.282 e. The molecular formula is C28H23BrClN3O4. The highest BCUT2D eigenvalue weighted by Gasteiger charge is 2.18. The maximum Gasteiger partial charge on any atom is 0.282 e. The van der Waals surface area contributed by atoms with Crippen LogP contribution in [0.3, 0.4) is 0 Å². The number of halogens is 2. The number of hydrogen-bond donors (Lipinski definition) is 0. The molecule has 7 nitrogen and oxygen atoms in total. The number of nitrogens with zero attached hydrogens (tertiary/aromatic N) is 3. The highest BCUT2D eigenvalue weighted by atomic mass is 79.9. The SMILES string of the molecule is CC[C@@H](C)Oc1c(C=Nn2c(-c3cc4cc(Cl)ccc4o3)nc3ccccc3c2=O)cc(Br)cc1OC. The first-order valence-electron chi connectivity index (χ1n) is 11.7. The summed E-state index contributed by atoms with van der Waals surface area (Å²) >= 11 is 9.68. The number of furan rings is 1. The van der Waals surface area contributed by atoms with Crippen molar-refractivity contribution in [3.05, 3.63) is 86.1 Å². The van der Waals surface area contributed by atoms with Gasteiger partial charge in [-0.1, -0.05) is 46.6 Å². The van der Waals surface area contributed by atoms with Gasteiger partial charge in [-0.3, -0.25) is 4.79 Å². The lowest BCUT2D eigenvalue weighted by atomic mass is 10.2. The molecule has 0 radical (unpaired) electrons. The van der Waals surface area contributed by atoms with Crippen LogP contribution in [0.1, 0.15) is 25.8 Å². The molecule has 2 heterocycles. The highest BCUT2D eigenvalue weighted by Crippen LogP contribution is 2.35. The second kappa shape index (κ2) is 10.4. The average Bonchev–Trinajstić information content (AvgIpc) is 3.32. The Bertz CT molecular complexity index is 1710. The number of rotatable bonds is 7. The van der Waals surface area contributed by atoms with Gasteiger partial charge in [0.1, 0.15) is 5.58 Å². The Morgan fingerprint density at radius 1 is 1.19 bits per heavy atom. The summed E-state index contributed by atoms with van der Waals surface area (Å²) in [5, 5.41) is 6.39. The third kappa shape index (κ3) is 4.99. The molecule has 9 heteroatoms. The number of ether oxygens (including phenoxy) is 2. The fourth-order valence-corrected chi connectivity index (χ4v) is 4.52. The highest BCUT2D eigenvalue weighted by molar-refractivity contribution is 9.10. The minimum Gasteiger partial charge on any atom is -0.493 e. The van der Waals surface area contributed by atoms with Crippen LogP contribution >= 0.6 is 27.5 Å². The number of methoxy groups -OCH3 is 1. The summed E-state index contributed by atoms with van der Waals surface area (Å²) in [7, 11) is 1.58. The van der Waals surface area contributed by atoms with Gasteiger partial charge in [0.15, 0.2) is 17.3 Å². The third-order valence-electron chi connectivity index (χ3n) is 5.93. The van der Waals surface area contributed by atoms with Gasteiger partial charge < -0.3 is 13.9 Å². The quantitative estimate of drug-likeness (QED) is 0.189. The molecule has 0 saturated carbocycles. The van der Waals surface area contributed by atoms with Gasteiger partial charge in [-0.05, 0) is 61.9 Å². The van der Waals surface area contributed by atoms with E-state index in [9.17, 15) is 4.79 Å². The van der Waals surface area contributed by atoms with E-state index in [0.717, 1.165) is 16.3 Å². The molecule has 0 aliphatic heterocycles. The van der Waals surface area contributed by atoms with Gasteiger partial charge in [-0.15, -0.1) is 0 Å². The van der Waals surface area contributed by atoms with E-state index in [0.29, 0.717) is 44.3 Å². The Balaban J connectivity index is 1.71. The lowest BCUT2D eigenvalue weighted by Gasteiger charge is -2.18. The first kappa shape index (κ1) is 25.0. The van der Waals surface area contributed by atoms with Crippen molar-refractivity contribution >= 4 is 55.6 Å². The van der Waals surface area contributed by atoms with E-state index < -0.39 is 0 Å². The zero-order valence-electron chi connectivity index (χ0n) is 20.4. The fraction of sp³-hybridized carbons (Fsp3) is 0.179. The molecule has 1 atom stereocenters. The van der Waals surface area contributed by atoms with E-state index in [-0.39, 0.29) is 17.5 Å². The summed E-state index contributed by atoms with van der Waals surface area (Å²) in [6.07, 6.45) is 2.32. The normalized spacial score (nSPS) is 12.5. The largest absolute Gasteiger partial charge is 0.493 e. The second-order valence-corrected chi connectivity index (χ2v) is 9.82. The van der Waals surface area contributed by atoms with Crippen molar-refractivity contribution in [2.24, 2.45) is 5.10 Å². The number of para-hydroxylation sites is 1. The van der Waals surface area contributed by atoms with E-state index >= 15 is 0 Å². The van der Waals surface area contributed by atoms with E-state index in [2.05, 4.69) is 21.0 Å². The van der Waals surface area contributed by atoms with E-state index in [1.54, 1.807) is 55.8 Å². The molecule has 0 aliphatic rings. The van der Waals surface area contributed by atoms with Crippen LogP contribution in [0.5, 0.6) is 11.5 Å². The van der Waals surface area contributed by atoms with Gasteiger partial charge >= 0.3 is 0 Å². The van der Waals surface area contributed by atoms with Crippen LogP contribution in [0, 0.1) is 0 Å². The summed E-state index contributed by atoms with van der Waals surface area (Å²) in [4.78, 5) is 18.3. The minimum absolute atomic E-state index is 0.0507. The van der Waals surface area contributed by atoms with Crippen LogP contribution in [0.25, 0.3) is 33.5 Å². The summed E-state index contributed by atoms with van der Waals surface area (Å²) in [6, 6.07) is 17.9. The summed E-state index contributed by atoms with van der Waals surface area (Å²) in [5.74, 6) is 1.74. The molecule has 0 N–H and O–H groups in total. The average molecular weight is 581 g/mol. The predicted molar refractivity (Wildman–Crippen MR) is 150 cm³/mol. The van der Waals surface area contributed by atoms with Crippen molar-refractivity contribution < 1.29 is 13.9 Å². The van der Waals surface area contributed by atoms with Crippen molar-refractivity contribution in [2.75, 3.05) is 7.11 Å². The maximum absolute atomic E-state index is 13.6. The van der Waals surface area contributed by atoms with Gasteiger partial charge in [-0.2, -0.15) is 9.78 Å². The van der Waals surface area contributed by atoms with Crippen molar-refractivity contribution in [1.29, 1.82) is 0 Å². The number of aromatic nitrogens is 2. The van der Waals surface area contributed by atoms with E-state index in [4.69, 9.17) is 30.5 Å². The molecule has 5 rings (SSSR count). The Hall–Kier alpha value is -3.62. The summed E-state index contributed by atoms with van der Waals surface area (Å²) in [5.41, 5.74) is 1.46. The molecule has 0 fully saturated rings. The second-order valence-electron chi connectivity index (χ2n) is 8.47. The van der Waals surface area contributed by atoms with E-state index in [1.165, 1.54) is 4.68 Å². The number of fused-ring (bicyclic) bond motifs is 2. The van der Waals surface area contributed by atoms with Gasteiger partial charge in [0.25, 0.3) is 5.56 Å². The Morgan fingerprint density at radius 2 is 2.00 bits per heavy atom. The van der Waals surface area contributed by atoms with Crippen molar-refractivity contribution in [1.82, 2.24) is 9.66 Å². The number of benzene rings is 3. The third-order valence-corrected chi connectivity index (χ3v) is 6.62. The molecule has 0 amide bonds.